The summed E-state index contributed by atoms with van der Waals surface area (Å²) in [5.74, 6) is -0.691. The van der Waals surface area contributed by atoms with Crippen LogP contribution in [0.1, 0.15) is 5.56 Å². The van der Waals surface area contributed by atoms with Crippen molar-refractivity contribution >= 4 is 29.3 Å². The molecule has 2 aromatic carbocycles. The van der Waals surface area contributed by atoms with Gasteiger partial charge in [-0.3, -0.25) is 4.79 Å². The van der Waals surface area contributed by atoms with E-state index < -0.39 is 6.36 Å². The van der Waals surface area contributed by atoms with E-state index >= 15 is 0 Å². The summed E-state index contributed by atoms with van der Waals surface area (Å²) < 4.78 is 39.8. The van der Waals surface area contributed by atoms with Gasteiger partial charge in [0.15, 0.2) is 0 Å². The maximum atomic E-state index is 12.0. The number of carbonyl (C=O) groups is 1. The summed E-state index contributed by atoms with van der Waals surface area (Å²) in [6.45, 7) is 0. The van der Waals surface area contributed by atoms with Gasteiger partial charge in [0.1, 0.15) is 5.75 Å². The number of halogens is 4. The maximum Gasteiger partial charge on any atom is 0.573 e. The lowest BCUT2D eigenvalue weighted by molar-refractivity contribution is -0.274. The lowest BCUT2D eigenvalue weighted by atomic mass is 10.2. The van der Waals surface area contributed by atoms with Crippen molar-refractivity contribution in [3.8, 4) is 5.75 Å². The largest absolute Gasteiger partial charge is 0.573 e. The Hall–Kier alpha value is -2.47. The van der Waals surface area contributed by atoms with E-state index in [0.29, 0.717) is 16.3 Å². The van der Waals surface area contributed by atoms with Gasteiger partial charge in [0.2, 0.25) is 5.91 Å². The zero-order chi connectivity index (χ0) is 16.9. The number of hydrogen-bond acceptors (Lipinski definition) is 2. The standard InChI is InChI=1S/C16H11ClF3NO2/c17-12-4-6-13(7-5-12)21-15(22)10-3-11-1-8-14(9-2-11)23-16(18,19)20/h1-10H,(H,21,22). The third kappa shape index (κ3) is 6.04. The molecule has 0 spiro atoms. The number of benzene rings is 2. The summed E-state index contributed by atoms with van der Waals surface area (Å²) in [5, 5.41) is 3.18. The molecule has 1 N–H and O–H groups in total. The third-order valence-corrected chi connectivity index (χ3v) is 2.90. The molecule has 0 bridgehead atoms. The first-order valence-corrected chi connectivity index (χ1v) is 6.80. The van der Waals surface area contributed by atoms with E-state index in [9.17, 15) is 18.0 Å². The van der Waals surface area contributed by atoms with Gasteiger partial charge in [-0.05, 0) is 48.0 Å². The summed E-state index contributed by atoms with van der Waals surface area (Å²) in [5.41, 5.74) is 1.14. The van der Waals surface area contributed by atoms with Gasteiger partial charge in [0.05, 0.1) is 0 Å². The van der Waals surface area contributed by atoms with E-state index in [-0.39, 0.29) is 11.7 Å². The van der Waals surface area contributed by atoms with Crippen LogP contribution < -0.4 is 10.1 Å². The first-order chi connectivity index (χ1) is 10.8. The van der Waals surface area contributed by atoms with Crippen molar-refractivity contribution < 1.29 is 22.7 Å². The number of hydrogen-bond donors (Lipinski definition) is 1. The lowest BCUT2D eigenvalue weighted by Gasteiger charge is -2.08. The minimum absolute atomic E-state index is 0.319. The number of ether oxygens (including phenoxy) is 1. The van der Waals surface area contributed by atoms with Crippen LogP contribution in [0.2, 0.25) is 5.02 Å². The van der Waals surface area contributed by atoms with Gasteiger partial charge in [-0.2, -0.15) is 0 Å². The second-order valence-corrected chi connectivity index (χ2v) is 4.88. The van der Waals surface area contributed by atoms with Crippen LogP contribution in [-0.2, 0) is 4.79 Å². The molecular formula is C16H11ClF3NO2. The highest BCUT2D eigenvalue weighted by Crippen LogP contribution is 2.23. The molecule has 0 saturated carbocycles. The minimum atomic E-state index is -4.73. The Labute approximate surface area is 135 Å². The molecular weight excluding hydrogens is 331 g/mol. The van der Waals surface area contributed by atoms with Crippen molar-refractivity contribution in [2.45, 2.75) is 6.36 Å². The van der Waals surface area contributed by atoms with Crippen LogP contribution in [0.4, 0.5) is 18.9 Å². The van der Waals surface area contributed by atoms with E-state index in [2.05, 4.69) is 10.1 Å². The van der Waals surface area contributed by atoms with Crippen LogP contribution in [0.25, 0.3) is 6.08 Å². The number of anilines is 1. The smallest absolute Gasteiger partial charge is 0.406 e. The Morgan fingerprint density at radius 2 is 1.65 bits per heavy atom. The summed E-state index contributed by atoms with van der Waals surface area (Å²) in [6.07, 6.45) is -1.98. The molecule has 0 saturated heterocycles. The van der Waals surface area contributed by atoms with Crippen molar-refractivity contribution in [1.29, 1.82) is 0 Å². The fraction of sp³-hybridized carbons (Fsp3) is 0.0625. The monoisotopic (exact) mass is 341 g/mol. The fourth-order valence-electron chi connectivity index (χ4n) is 1.67. The number of rotatable bonds is 4. The second kappa shape index (κ2) is 7.19. The first kappa shape index (κ1) is 16.9. The molecule has 0 unspecified atom stereocenters. The molecule has 1 amide bonds. The molecule has 0 atom stereocenters. The van der Waals surface area contributed by atoms with Crippen molar-refractivity contribution in [2.24, 2.45) is 0 Å². The van der Waals surface area contributed by atoms with Crippen molar-refractivity contribution in [3.63, 3.8) is 0 Å². The topological polar surface area (TPSA) is 38.3 Å². The fourth-order valence-corrected chi connectivity index (χ4v) is 1.80. The molecule has 2 rings (SSSR count). The van der Waals surface area contributed by atoms with Gasteiger partial charge in [-0.15, -0.1) is 13.2 Å². The number of carbonyl (C=O) groups excluding carboxylic acids is 1. The number of amides is 1. The van der Waals surface area contributed by atoms with E-state index in [0.717, 1.165) is 0 Å². The Morgan fingerprint density at radius 3 is 2.22 bits per heavy atom. The average molecular weight is 342 g/mol. The molecule has 0 heterocycles. The van der Waals surface area contributed by atoms with Crippen molar-refractivity contribution in [2.75, 3.05) is 5.32 Å². The highest BCUT2D eigenvalue weighted by atomic mass is 35.5. The summed E-state index contributed by atoms with van der Waals surface area (Å²) in [6, 6.07) is 11.7. The molecule has 3 nitrogen and oxygen atoms in total. The number of nitrogens with one attached hydrogen (secondary N) is 1. The van der Waals surface area contributed by atoms with Crippen LogP contribution in [0.3, 0.4) is 0 Å². The molecule has 0 aliphatic carbocycles. The highest BCUT2D eigenvalue weighted by Gasteiger charge is 2.30. The molecule has 23 heavy (non-hydrogen) atoms. The van der Waals surface area contributed by atoms with Crippen molar-refractivity contribution in [3.05, 3.63) is 65.2 Å². The summed E-state index contributed by atoms with van der Waals surface area (Å²) in [4.78, 5) is 11.7. The van der Waals surface area contributed by atoms with E-state index in [4.69, 9.17) is 11.6 Å². The van der Waals surface area contributed by atoms with Crippen LogP contribution in [0, 0.1) is 0 Å². The zero-order valence-corrected chi connectivity index (χ0v) is 12.4. The van der Waals surface area contributed by atoms with E-state index in [1.165, 1.54) is 36.4 Å². The molecule has 0 aliphatic heterocycles. The Kier molecular flexibility index (Phi) is 5.28. The molecule has 7 heteroatoms. The molecule has 120 valence electrons. The SMILES string of the molecule is O=C(C=Cc1ccc(OC(F)(F)F)cc1)Nc1ccc(Cl)cc1. The van der Waals surface area contributed by atoms with Gasteiger partial charge in [0.25, 0.3) is 0 Å². The second-order valence-electron chi connectivity index (χ2n) is 4.45. The van der Waals surface area contributed by atoms with Gasteiger partial charge >= 0.3 is 6.36 Å². The highest BCUT2D eigenvalue weighted by molar-refractivity contribution is 6.30. The van der Waals surface area contributed by atoms with Gasteiger partial charge < -0.3 is 10.1 Å². The average Bonchev–Trinajstić information content (AvgIpc) is 2.47. The van der Waals surface area contributed by atoms with Gasteiger partial charge in [0, 0.05) is 16.8 Å². The molecule has 0 aliphatic rings. The van der Waals surface area contributed by atoms with Crippen LogP contribution in [-0.4, -0.2) is 12.3 Å². The molecule has 2 aromatic rings. The van der Waals surface area contributed by atoms with E-state index in [1.807, 2.05) is 0 Å². The Morgan fingerprint density at radius 1 is 1.04 bits per heavy atom. The van der Waals surface area contributed by atoms with E-state index in [1.54, 1.807) is 24.3 Å². The van der Waals surface area contributed by atoms with Crippen molar-refractivity contribution in [1.82, 2.24) is 0 Å². The number of alkyl halides is 3. The predicted molar refractivity (Wildman–Crippen MR) is 82.2 cm³/mol. The third-order valence-electron chi connectivity index (χ3n) is 2.65. The zero-order valence-electron chi connectivity index (χ0n) is 11.6. The summed E-state index contributed by atoms with van der Waals surface area (Å²) in [7, 11) is 0. The Bertz CT molecular complexity index is 695. The van der Waals surface area contributed by atoms with Gasteiger partial charge in [-0.1, -0.05) is 23.7 Å². The molecule has 0 aromatic heterocycles. The predicted octanol–water partition coefficient (Wildman–Crippen LogP) is 4.89. The molecule has 0 radical (unpaired) electrons. The molecule has 0 fully saturated rings. The Balaban J connectivity index is 1.94. The van der Waals surface area contributed by atoms with Crippen LogP contribution in [0.15, 0.2) is 54.6 Å². The maximum absolute atomic E-state index is 12.0. The van der Waals surface area contributed by atoms with Crippen LogP contribution >= 0.6 is 11.6 Å². The lowest BCUT2D eigenvalue weighted by Crippen LogP contribution is -2.16. The summed E-state index contributed by atoms with van der Waals surface area (Å²) >= 11 is 5.73. The van der Waals surface area contributed by atoms with Crippen LogP contribution in [0.5, 0.6) is 5.75 Å². The van der Waals surface area contributed by atoms with Gasteiger partial charge in [-0.25, -0.2) is 0 Å². The quantitative estimate of drug-likeness (QED) is 0.804. The normalized spacial score (nSPS) is 11.5. The minimum Gasteiger partial charge on any atom is -0.406 e. The first-order valence-electron chi connectivity index (χ1n) is 6.42.